The summed E-state index contributed by atoms with van der Waals surface area (Å²) in [7, 11) is 0. The second-order valence-corrected chi connectivity index (χ2v) is 4.95. The number of hydrogen-bond acceptors (Lipinski definition) is 4. The van der Waals surface area contributed by atoms with E-state index >= 15 is 0 Å². The summed E-state index contributed by atoms with van der Waals surface area (Å²) in [6, 6.07) is 0. The molecule has 1 amide bonds. The fourth-order valence-electron chi connectivity index (χ4n) is 1.37. The molecule has 0 aliphatic heterocycles. The Morgan fingerprint density at radius 2 is 1.84 bits per heavy atom. The van der Waals surface area contributed by atoms with Crippen LogP contribution < -0.4 is 10.6 Å². The topological polar surface area (TPSA) is 59.6 Å². The van der Waals surface area contributed by atoms with Gasteiger partial charge in [0.05, 0.1) is 26.4 Å². The molecule has 5 nitrogen and oxygen atoms in total. The Balaban J connectivity index is -0.00000162. The molecule has 0 heterocycles. The van der Waals surface area contributed by atoms with Crippen LogP contribution in [0.4, 0.5) is 0 Å². The van der Waals surface area contributed by atoms with Crippen LogP contribution in [0.15, 0.2) is 0 Å². The third-order valence-corrected chi connectivity index (χ3v) is 2.42. The number of amides is 1. The molecule has 0 atom stereocenters. The molecule has 0 bridgehead atoms. The molecule has 0 fully saturated rings. The average Bonchev–Trinajstić information content (AvgIpc) is 2.36. The summed E-state index contributed by atoms with van der Waals surface area (Å²) in [6.07, 6.45) is 2.25. The number of hydrogen-bond donors (Lipinski definition) is 2. The Kier molecular flexibility index (Phi) is 13.3. The van der Waals surface area contributed by atoms with E-state index in [9.17, 15) is 4.79 Å². The van der Waals surface area contributed by atoms with Gasteiger partial charge in [0.1, 0.15) is 0 Å². The minimum atomic E-state index is 0. The fraction of sp³-hybridized carbons (Fsp3) is 0.929. The molecule has 2 N–H and O–H groups in total. The minimum Gasteiger partial charge on any atom is -0.379 e. The molecule has 0 rings (SSSR count). The predicted octanol–water partition coefficient (Wildman–Crippen LogP) is 1.67. The van der Waals surface area contributed by atoms with E-state index in [2.05, 4.69) is 31.4 Å². The zero-order valence-electron chi connectivity index (χ0n) is 12.7. The lowest BCUT2D eigenvalue weighted by atomic mass is 10.2. The third kappa shape index (κ3) is 15.3. The van der Waals surface area contributed by atoms with Gasteiger partial charge in [-0.1, -0.05) is 27.2 Å². The first-order valence-electron chi connectivity index (χ1n) is 7.29. The van der Waals surface area contributed by atoms with Gasteiger partial charge in [-0.05, 0) is 18.9 Å². The van der Waals surface area contributed by atoms with Crippen molar-refractivity contribution in [1.82, 2.24) is 10.6 Å². The summed E-state index contributed by atoms with van der Waals surface area (Å²) in [5, 5.41) is 5.89. The largest absolute Gasteiger partial charge is 0.379 e. The van der Waals surface area contributed by atoms with Gasteiger partial charge in [0.25, 0.3) is 0 Å². The van der Waals surface area contributed by atoms with Gasteiger partial charge in [0, 0.05) is 16.0 Å². The standard InChI is InChI=1S/C14H30N2O3.2H2/c1-4-5-7-18-9-10-19-8-6-16-14(17)12-15-11-13(2)3;;/h13,15H,4-12H2,1-3H3,(H,16,17);2*1H. The predicted molar refractivity (Wildman–Crippen MR) is 81.5 cm³/mol. The Morgan fingerprint density at radius 3 is 2.47 bits per heavy atom. The van der Waals surface area contributed by atoms with Crippen LogP contribution >= 0.6 is 0 Å². The first-order chi connectivity index (χ1) is 9.16. The molecular weight excluding hydrogens is 244 g/mol. The van der Waals surface area contributed by atoms with Crippen LogP contribution in [0.3, 0.4) is 0 Å². The number of unbranched alkanes of at least 4 members (excludes halogenated alkanes) is 1. The molecular formula is C14H34N2O3. The van der Waals surface area contributed by atoms with E-state index < -0.39 is 0 Å². The van der Waals surface area contributed by atoms with Gasteiger partial charge in [-0.15, -0.1) is 0 Å². The highest BCUT2D eigenvalue weighted by atomic mass is 16.5. The molecule has 19 heavy (non-hydrogen) atoms. The summed E-state index contributed by atoms with van der Waals surface area (Å²) in [5.74, 6) is 0.576. The molecule has 0 aromatic rings. The maximum atomic E-state index is 11.4. The normalized spacial score (nSPS) is 10.9. The van der Waals surface area contributed by atoms with Gasteiger partial charge >= 0.3 is 0 Å². The van der Waals surface area contributed by atoms with Crippen molar-refractivity contribution >= 4 is 5.91 Å². The molecule has 0 radical (unpaired) electrons. The van der Waals surface area contributed by atoms with Gasteiger partial charge in [0.2, 0.25) is 5.91 Å². The van der Waals surface area contributed by atoms with Crippen LogP contribution in [0.2, 0.25) is 0 Å². The van der Waals surface area contributed by atoms with Crippen molar-refractivity contribution < 1.29 is 17.1 Å². The molecule has 0 saturated carbocycles. The minimum absolute atomic E-state index is 0. The van der Waals surface area contributed by atoms with Gasteiger partial charge in [-0.25, -0.2) is 0 Å². The van der Waals surface area contributed by atoms with E-state index in [1.54, 1.807) is 0 Å². The summed E-state index contributed by atoms with van der Waals surface area (Å²) in [5.41, 5.74) is 0. The first-order valence-corrected chi connectivity index (χ1v) is 7.29. The average molecular weight is 278 g/mol. The van der Waals surface area contributed by atoms with E-state index in [4.69, 9.17) is 9.47 Å². The Labute approximate surface area is 120 Å². The van der Waals surface area contributed by atoms with Crippen LogP contribution in [0.1, 0.15) is 36.5 Å². The van der Waals surface area contributed by atoms with Crippen molar-refractivity contribution in [2.24, 2.45) is 5.92 Å². The molecule has 5 heteroatoms. The van der Waals surface area contributed by atoms with Gasteiger partial charge < -0.3 is 20.1 Å². The second-order valence-electron chi connectivity index (χ2n) is 4.95. The lowest BCUT2D eigenvalue weighted by Gasteiger charge is -2.09. The van der Waals surface area contributed by atoms with Crippen LogP contribution in [-0.4, -0.2) is 52.0 Å². The molecule has 0 aliphatic carbocycles. The monoisotopic (exact) mass is 278 g/mol. The van der Waals surface area contributed by atoms with Crippen molar-refractivity contribution in [2.45, 2.75) is 33.6 Å². The maximum absolute atomic E-state index is 11.4. The van der Waals surface area contributed by atoms with E-state index in [1.807, 2.05) is 0 Å². The lowest BCUT2D eigenvalue weighted by Crippen LogP contribution is -2.36. The molecule has 0 unspecified atom stereocenters. The molecule has 0 aromatic heterocycles. The Morgan fingerprint density at radius 1 is 1.16 bits per heavy atom. The quantitative estimate of drug-likeness (QED) is 0.503. The first kappa shape index (κ1) is 18.4. The van der Waals surface area contributed by atoms with Gasteiger partial charge in [-0.2, -0.15) is 0 Å². The Bertz CT molecular complexity index is 220. The van der Waals surface area contributed by atoms with Crippen LogP contribution in [0, 0.1) is 5.92 Å². The third-order valence-electron chi connectivity index (χ3n) is 2.42. The molecule has 118 valence electrons. The highest BCUT2D eigenvalue weighted by Crippen LogP contribution is 1.88. The number of rotatable bonds is 13. The highest BCUT2D eigenvalue weighted by Gasteiger charge is 2.00. The van der Waals surface area contributed by atoms with Gasteiger partial charge in [0.15, 0.2) is 0 Å². The van der Waals surface area contributed by atoms with Crippen LogP contribution in [0.5, 0.6) is 0 Å². The summed E-state index contributed by atoms with van der Waals surface area (Å²) < 4.78 is 10.7. The number of ether oxygens (including phenoxy) is 2. The van der Waals surface area contributed by atoms with Gasteiger partial charge in [-0.3, -0.25) is 4.79 Å². The molecule has 0 aliphatic rings. The van der Waals surface area contributed by atoms with E-state index in [1.165, 1.54) is 0 Å². The summed E-state index contributed by atoms with van der Waals surface area (Å²) in [6.45, 7) is 10.7. The number of nitrogens with one attached hydrogen (secondary N) is 2. The zero-order chi connectivity index (χ0) is 14.3. The zero-order valence-corrected chi connectivity index (χ0v) is 12.7. The smallest absolute Gasteiger partial charge is 0.234 e. The van der Waals surface area contributed by atoms with Crippen LogP contribution in [-0.2, 0) is 14.3 Å². The number of carbonyl (C=O) groups is 1. The van der Waals surface area contributed by atoms with Crippen molar-refractivity contribution in [3.05, 3.63) is 0 Å². The lowest BCUT2D eigenvalue weighted by molar-refractivity contribution is -0.120. The van der Waals surface area contributed by atoms with E-state index in [0.717, 1.165) is 26.0 Å². The van der Waals surface area contributed by atoms with E-state index in [-0.39, 0.29) is 8.76 Å². The van der Waals surface area contributed by atoms with Crippen molar-refractivity contribution in [1.29, 1.82) is 0 Å². The van der Waals surface area contributed by atoms with Crippen LogP contribution in [0.25, 0.3) is 0 Å². The molecule has 0 aromatic carbocycles. The maximum Gasteiger partial charge on any atom is 0.234 e. The molecule has 0 spiro atoms. The summed E-state index contributed by atoms with van der Waals surface area (Å²) >= 11 is 0. The second kappa shape index (κ2) is 13.8. The summed E-state index contributed by atoms with van der Waals surface area (Å²) in [4.78, 5) is 11.4. The highest BCUT2D eigenvalue weighted by molar-refractivity contribution is 5.77. The molecule has 0 saturated heterocycles. The SMILES string of the molecule is CCCCOCCOCCNC(=O)CNCC(C)C.[HH].[HH]. The Hall–Kier alpha value is -0.650. The van der Waals surface area contributed by atoms with Crippen molar-refractivity contribution in [2.75, 3.05) is 46.1 Å². The number of carbonyl (C=O) groups excluding carboxylic acids is 1. The van der Waals surface area contributed by atoms with Crippen molar-refractivity contribution in [3.63, 3.8) is 0 Å². The fourth-order valence-corrected chi connectivity index (χ4v) is 1.37. The van der Waals surface area contributed by atoms with Crippen molar-refractivity contribution in [3.8, 4) is 0 Å². The van der Waals surface area contributed by atoms with E-state index in [0.29, 0.717) is 38.8 Å².